The normalized spacial score (nSPS) is 9.70. The van der Waals surface area contributed by atoms with Crippen LogP contribution in [0.4, 0.5) is 0 Å². The van der Waals surface area contributed by atoms with Crippen LogP contribution < -0.4 is 4.74 Å². The number of carbonyl (C=O) groups is 3. The van der Waals surface area contributed by atoms with E-state index in [9.17, 15) is 14.4 Å². The SMILES string of the molecule is C=C(C)C(=O)Oc1ccc(C=O)cc1C(=O)OCCC. The van der Waals surface area contributed by atoms with Gasteiger partial charge in [-0.2, -0.15) is 0 Å². The summed E-state index contributed by atoms with van der Waals surface area (Å²) in [7, 11) is 0. The molecule has 0 aromatic heterocycles. The molecule has 5 nitrogen and oxygen atoms in total. The Balaban J connectivity index is 3.09. The predicted molar refractivity (Wildman–Crippen MR) is 72.9 cm³/mol. The van der Waals surface area contributed by atoms with Crippen molar-refractivity contribution in [2.45, 2.75) is 20.3 Å². The Hall–Kier alpha value is -2.43. The average molecular weight is 276 g/mol. The molecule has 0 fully saturated rings. The molecule has 0 heterocycles. The van der Waals surface area contributed by atoms with Crippen LogP contribution in [0, 0.1) is 0 Å². The molecule has 0 radical (unpaired) electrons. The molecule has 0 aliphatic rings. The van der Waals surface area contributed by atoms with E-state index in [0.717, 1.165) is 0 Å². The minimum Gasteiger partial charge on any atom is -0.462 e. The van der Waals surface area contributed by atoms with Gasteiger partial charge in [-0.15, -0.1) is 0 Å². The van der Waals surface area contributed by atoms with Crippen LogP contribution in [-0.2, 0) is 9.53 Å². The highest BCUT2D eigenvalue weighted by atomic mass is 16.5. The summed E-state index contributed by atoms with van der Waals surface area (Å²) >= 11 is 0. The lowest BCUT2D eigenvalue weighted by Crippen LogP contribution is -2.13. The van der Waals surface area contributed by atoms with E-state index in [4.69, 9.17) is 9.47 Å². The molecule has 0 atom stereocenters. The summed E-state index contributed by atoms with van der Waals surface area (Å²) in [6.07, 6.45) is 1.26. The fraction of sp³-hybridized carbons (Fsp3) is 0.267. The molecule has 0 saturated carbocycles. The molecule has 0 amide bonds. The van der Waals surface area contributed by atoms with Crippen molar-refractivity contribution < 1.29 is 23.9 Å². The van der Waals surface area contributed by atoms with Crippen LogP contribution in [0.1, 0.15) is 41.0 Å². The monoisotopic (exact) mass is 276 g/mol. The van der Waals surface area contributed by atoms with Gasteiger partial charge in [0.25, 0.3) is 0 Å². The summed E-state index contributed by atoms with van der Waals surface area (Å²) < 4.78 is 10.0. The molecule has 1 rings (SSSR count). The van der Waals surface area contributed by atoms with Gasteiger partial charge in [0.05, 0.1) is 6.61 Å². The summed E-state index contributed by atoms with van der Waals surface area (Å²) in [5.41, 5.74) is 0.540. The third-order valence-electron chi connectivity index (χ3n) is 2.35. The highest BCUT2D eigenvalue weighted by Crippen LogP contribution is 2.22. The van der Waals surface area contributed by atoms with Crippen molar-refractivity contribution in [1.82, 2.24) is 0 Å². The molecule has 0 unspecified atom stereocenters. The number of ether oxygens (including phenoxy) is 2. The first-order valence-corrected chi connectivity index (χ1v) is 6.13. The molecule has 0 aliphatic heterocycles. The van der Waals surface area contributed by atoms with Gasteiger partial charge in [0.1, 0.15) is 17.6 Å². The molecule has 1 aromatic carbocycles. The van der Waals surface area contributed by atoms with E-state index >= 15 is 0 Å². The summed E-state index contributed by atoms with van der Waals surface area (Å²) in [6, 6.07) is 4.16. The minimum atomic E-state index is -0.645. The molecular formula is C15H16O5. The van der Waals surface area contributed by atoms with Gasteiger partial charge in [0, 0.05) is 11.1 Å². The van der Waals surface area contributed by atoms with Crippen molar-refractivity contribution in [3.05, 3.63) is 41.5 Å². The summed E-state index contributed by atoms with van der Waals surface area (Å²) in [5, 5.41) is 0. The zero-order valence-corrected chi connectivity index (χ0v) is 11.5. The molecule has 1 aromatic rings. The van der Waals surface area contributed by atoms with Crippen LogP contribution in [0.5, 0.6) is 5.75 Å². The molecule has 20 heavy (non-hydrogen) atoms. The van der Waals surface area contributed by atoms with Crippen LogP contribution in [0.3, 0.4) is 0 Å². The lowest BCUT2D eigenvalue weighted by atomic mass is 10.1. The number of benzene rings is 1. The topological polar surface area (TPSA) is 69.7 Å². The van der Waals surface area contributed by atoms with E-state index in [2.05, 4.69) is 6.58 Å². The van der Waals surface area contributed by atoms with Crippen molar-refractivity contribution in [1.29, 1.82) is 0 Å². The predicted octanol–water partition coefficient (Wildman–Crippen LogP) is 2.55. The third-order valence-corrected chi connectivity index (χ3v) is 2.35. The number of hydrogen-bond acceptors (Lipinski definition) is 5. The van der Waals surface area contributed by atoms with E-state index in [-0.39, 0.29) is 23.5 Å². The van der Waals surface area contributed by atoms with Crippen LogP contribution in [-0.4, -0.2) is 24.8 Å². The molecule has 0 aliphatic carbocycles. The first-order chi connectivity index (χ1) is 9.49. The van der Waals surface area contributed by atoms with Gasteiger partial charge in [-0.1, -0.05) is 13.5 Å². The van der Waals surface area contributed by atoms with E-state index in [1.165, 1.54) is 25.1 Å². The van der Waals surface area contributed by atoms with Crippen LogP contribution in [0.2, 0.25) is 0 Å². The van der Waals surface area contributed by atoms with Gasteiger partial charge >= 0.3 is 11.9 Å². The van der Waals surface area contributed by atoms with E-state index < -0.39 is 11.9 Å². The third kappa shape index (κ3) is 4.05. The van der Waals surface area contributed by atoms with Crippen LogP contribution in [0.25, 0.3) is 0 Å². The van der Waals surface area contributed by atoms with Crippen molar-refractivity contribution in [3.63, 3.8) is 0 Å². The Kier molecular flexibility index (Phi) is 5.65. The Morgan fingerprint density at radius 1 is 1.35 bits per heavy atom. The number of aldehydes is 1. The fourth-order valence-corrected chi connectivity index (χ4v) is 1.33. The molecule has 5 heteroatoms. The molecule has 0 N–H and O–H groups in total. The van der Waals surface area contributed by atoms with E-state index in [0.29, 0.717) is 18.3 Å². The second kappa shape index (κ2) is 7.23. The highest BCUT2D eigenvalue weighted by Gasteiger charge is 2.17. The molecule has 0 saturated heterocycles. The molecular weight excluding hydrogens is 260 g/mol. The zero-order valence-electron chi connectivity index (χ0n) is 11.5. The molecule has 0 spiro atoms. The molecule has 106 valence electrons. The number of carbonyl (C=O) groups excluding carboxylic acids is 3. The van der Waals surface area contributed by atoms with Crippen molar-refractivity contribution in [3.8, 4) is 5.75 Å². The lowest BCUT2D eigenvalue weighted by Gasteiger charge is -2.10. The Labute approximate surface area is 117 Å². The maximum Gasteiger partial charge on any atom is 0.341 e. The summed E-state index contributed by atoms with van der Waals surface area (Å²) in [4.78, 5) is 34.2. The smallest absolute Gasteiger partial charge is 0.341 e. The largest absolute Gasteiger partial charge is 0.462 e. The second-order valence-electron chi connectivity index (χ2n) is 4.18. The minimum absolute atomic E-state index is 0.0395. The summed E-state index contributed by atoms with van der Waals surface area (Å²) in [5.74, 6) is -1.24. The standard InChI is InChI=1S/C15H16O5/c1-4-7-19-15(18)12-8-11(9-16)5-6-13(12)20-14(17)10(2)3/h5-6,8-9H,2,4,7H2,1,3H3. The number of hydrogen-bond donors (Lipinski definition) is 0. The van der Waals surface area contributed by atoms with Gasteiger partial charge in [0.2, 0.25) is 0 Å². The quantitative estimate of drug-likeness (QED) is 0.345. The van der Waals surface area contributed by atoms with Gasteiger partial charge in [-0.3, -0.25) is 4.79 Å². The first-order valence-electron chi connectivity index (χ1n) is 6.13. The second-order valence-corrected chi connectivity index (χ2v) is 4.18. The van der Waals surface area contributed by atoms with Gasteiger partial charge in [0.15, 0.2) is 0 Å². The van der Waals surface area contributed by atoms with Crippen LogP contribution in [0.15, 0.2) is 30.4 Å². The average Bonchev–Trinajstić information content (AvgIpc) is 2.44. The molecule has 0 bridgehead atoms. The van der Waals surface area contributed by atoms with E-state index in [1.807, 2.05) is 6.92 Å². The first kappa shape index (κ1) is 15.6. The van der Waals surface area contributed by atoms with Crippen molar-refractivity contribution in [2.75, 3.05) is 6.61 Å². The number of rotatable bonds is 6. The van der Waals surface area contributed by atoms with Crippen LogP contribution >= 0.6 is 0 Å². The van der Waals surface area contributed by atoms with Crippen molar-refractivity contribution >= 4 is 18.2 Å². The van der Waals surface area contributed by atoms with Gasteiger partial charge in [-0.05, 0) is 31.5 Å². The lowest BCUT2D eigenvalue weighted by molar-refractivity contribution is -0.130. The number of esters is 2. The Morgan fingerprint density at radius 2 is 2.05 bits per heavy atom. The van der Waals surface area contributed by atoms with Gasteiger partial charge < -0.3 is 9.47 Å². The summed E-state index contributed by atoms with van der Waals surface area (Å²) in [6.45, 7) is 7.07. The van der Waals surface area contributed by atoms with Crippen molar-refractivity contribution in [2.24, 2.45) is 0 Å². The zero-order chi connectivity index (χ0) is 15.1. The maximum absolute atomic E-state index is 11.9. The van der Waals surface area contributed by atoms with Gasteiger partial charge in [-0.25, -0.2) is 9.59 Å². The Bertz CT molecular complexity index is 545. The maximum atomic E-state index is 11.9. The highest BCUT2D eigenvalue weighted by molar-refractivity contribution is 5.97. The fourth-order valence-electron chi connectivity index (χ4n) is 1.33. The van der Waals surface area contributed by atoms with E-state index in [1.54, 1.807) is 0 Å². The Morgan fingerprint density at radius 3 is 2.60 bits per heavy atom.